The molecule has 4 aromatic rings. The summed E-state index contributed by atoms with van der Waals surface area (Å²) in [6.07, 6.45) is 4.02. The zero-order valence-corrected chi connectivity index (χ0v) is 15.2. The van der Waals surface area contributed by atoms with Crippen molar-refractivity contribution >= 4 is 5.91 Å². The number of amides is 1. The molecule has 2 N–H and O–H groups in total. The summed E-state index contributed by atoms with van der Waals surface area (Å²) in [5, 5.41) is 9.76. The summed E-state index contributed by atoms with van der Waals surface area (Å²) in [7, 11) is 0. The van der Waals surface area contributed by atoms with Crippen LogP contribution in [0.4, 0.5) is 0 Å². The highest BCUT2D eigenvalue weighted by Crippen LogP contribution is 2.17. The van der Waals surface area contributed by atoms with Crippen molar-refractivity contribution in [1.82, 2.24) is 25.5 Å². The Bertz CT molecular complexity index is 1040. The van der Waals surface area contributed by atoms with Crippen molar-refractivity contribution in [1.29, 1.82) is 0 Å². The number of benzene rings is 2. The molecule has 0 atom stereocenters. The van der Waals surface area contributed by atoms with Gasteiger partial charge in [-0.05, 0) is 29.8 Å². The van der Waals surface area contributed by atoms with Crippen molar-refractivity contribution in [2.45, 2.75) is 6.42 Å². The number of hydrogen-bond donors (Lipinski definition) is 2. The molecule has 2 heterocycles. The third-order valence-electron chi connectivity index (χ3n) is 4.37. The number of carbonyl (C=O) groups excluding carboxylic acids is 1. The van der Waals surface area contributed by atoms with E-state index in [0.717, 1.165) is 22.5 Å². The predicted molar refractivity (Wildman–Crippen MR) is 108 cm³/mol. The Kier molecular flexibility index (Phi) is 5.20. The van der Waals surface area contributed by atoms with Crippen LogP contribution in [0.25, 0.3) is 22.5 Å². The standard InChI is InChI=1S/C22H19N5O/c28-22(18-8-6-17(7-9-18)20-11-15-25-27-20)24-14-12-21-23-13-10-19(26-21)16-4-2-1-3-5-16/h1-11,13,15H,12,14H2,(H,24,28)(H,25,27). The Morgan fingerprint density at radius 1 is 0.893 bits per heavy atom. The lowest BCUT2D eigenvalue weighted by molar-refractivity contribution is 0.0954. The Morgan fingerprint density at radius 2 is 1.71 bits per heavy atom. The van der Waals surface area contributed by atoms with E-state index in [0.29, 0.717) is 24.4 Å². The molecule has 0 aliphatic rings. The van der Waals surface area contributed by atoms with Crippen molar-refractivity contribution < 1.29 is 4.79 Å². The van der Waals surface area contributed by atoms with Crippen LogP contribution in [0.5, 0.6) is 0 Å². The lowest BCUT2D eigenvalue weighted by Crippen LogP contribution is -2.26. The van der Waals surface area contributed by atoms with Crippen LogP contribution in [0.3, 0.4) is 0 Å². The maximum Gasteiger partial charge on any atom is 0.251 e. The van der Waals surface area contributed by atoms with Gasteiger partial charge in [0.15, 0.2) is 0 Å². The van der Waals surface area contributed by atoms with Crippen LogP contribution in [-0.2, 0) is 6.42 Å². The van der Waals surface area contributed by atoms with Gasteiger partial charge in [0, 0.05) is 36.5 Å². The molecule has 0 spiro atoms. The Morgan fingerprint density at radius 3 is 2.46 bits per heavy atom. The van der Waals surface area contributed by atoms with Gasteiger partial charge in [-0.15, -0.1) is 0 Å². The average Bonchev–Trinajstić information content (AvgIpc) is 3.30. The first-order chi connectivity index (χ1) is 13.8. The van der Waals surface area contributed by atoms with E-state index in [1.165, 1.54) is 0 Å². The molecule has 0 unspecified atom stereocenters. The summed E-state index contributed by atoms with van der Waals surface area (Å²) in [4.78, 5) is 21.2. The van der Waals surface area contributed by atoms with Crippen LogP contribution in [-0.4, -0.2) is 32.6 Å². The molecule has 1 amide bonds. The molecule has 6 heteroatoms. The number of rotatable bonds is 6. The summed E-state index contributed by atoms with van der Waals surface area (Å²) in [6.45, 7) is 0.472. The topological polar surface area (TPSA) is 83.6 Å². The van der Waals surface area contributed by atoms with Crippen molar-refractivity contribution in [3.8, 4) is 22.5 Å². The zero-order valence-electron chi connectivity index (χ0n) is 15.2. The first kappa shape index (κ1) is 17.6. The van der Waals surface area contributed by atoms with E-state index in [-0.39, 0.29) is 5.91 Å². The number of nitrogens with one attached hydrogen (secondary N) is 2. The first-order valence-corrected chi connectivity index (χ1v) is 9.05. The molecular formula is C22H19N5O. The quantitative estimate of drug-likeness (QED) is 0.545. The fourth-order valence-corrected chi connectivity index (χ4v) is 2.90. The molecular weight excluding hydrogens is 350 g/mol. The minimum absolute atomic E-state index is 0.115. The maximum atomic E-state index is 12.3. The SMILES string of the molecule is O=C(NCCc1nccc(-c2ccccc2)n1)c1ccc(-c2ccn[nH]2)cc1. The highest BCUT2D eigenvalue weighted by Gasteiger charge is 2.07. The van der Waals surface area contributed by atoms with Gasteiger partial charge in [0.1, 0.15) is 5.82 Å². The van der Waals surface area contributed by atoms with E-state index < -0.39 is 0 Å². The molecule has 28 heavy (non-hydrogen) atoms. The van der Waals surface area contributed by atoms with Gasteiger partial charge < -0.3 is 5.32 Å². The van der Waals surface area contributed by atoms with Gasteiger partial charge in [-0.25, -0.2) is 9.97 Å². The van der Waals surface area contributed by atoms with Crippen molar-refractivity contribution in [3.63, 3.8) is 0 Å². The number of nitrogens with zero attached hydrogens (tertiary/aromatic N) is 3. The number of carbonyl (C=O) groups is 1. The van der Waals surface area contributed by atoms with Gasteiger partial charge in [0.2, 0.25) is 0 Å². The van der Waals surface area contributed by atoms with E-state index in [4.69, 9.17) is 0 Å². The third kappa shape index (κ3) is 4.12. The molecule has 0 bridgehead atoms. The summed E-state index contributed by atoms with van der Waals surface area (Å²) < 4.78 is 0. The van der Waals surface area contributed by atoms with Gasteiger partial charge in [0.25, 0.3) is 5.91 Å². The molecule has 138 valence electrons. The number of aromatic nitrogens is 4. The molecule has 0 aliphatic carbocycles. The third-order valence-corrected chi connectivity index (χ3v) is 4.37. The zero-order chi connectivity index (χ0) is 19.2. The van der Waals surface area contributed by atoms with Crippen LogP contribution in [0.2, 0.25) is 0 Å². The molecule has 4 rings (SSSR count). The molecule has 6 nitrogen and oxygen atoms in total. The van der Waals surface area contributed by atoms with Crippen LogP contribution in [0, 0.1) is 0 Å². The van der Waals surface area contributed by atoms with Crippen LogP contribution in [0.15, 0.2) is 79.1 Å². The van der Waals surface area contributed by atoms with Crippen LogP contribution in [0.1, 0.15) is 16.2 Å². The lowest BCUT2D eigenvalue weighted by Gasteiger charge is -2.07. The molecule has 2 aromatic carbocycles. The monoisotopic (exact) mass is 369 g/mol. The fourth-order valence-electron chi connectivity index (χ4n) is 2.90. The maximum absolute atomic E-state index is 12.3. The van der Waals surface area contributed by atoms with E-state index in [2.05, 4.69) is 25.5 Å². The second-order valence-corrected chi connectivity index (χ2v) is 6.28. The van der Waals surface area contributed by atoms with Gasteiger partial charge in [-0.2, -0.15) is 5.10 Å². The lowest BCUT2D eigenvalue weighted by atomic mass is 10.1. The summed E-state index contributed by atoms with van der Waals surface area (Å²) in [6, 6.07) is 21.1. The summed E-state index contributed by atoms with van der Waals surface area (Å²) >= 11 is 0. The number of hydrogen-bond acceptors (Lipinski definition) is 4. The second kappa shape index (κ2) is 8.26. The Balaban J connectivity index is 1.34. The Labute approximate surface area is 162 Å². The van der Waals surface area contributed by atoms with Crippen LogP contribution < -0.4 is 5.32 Å². The van der Waals surface area contributed by atoms with Crippen LogP contribution >= 0.6 is 0 Å². The predicted octanol–water partition coefficient (Wildman–Crippen LogP) is 3.51. The fraction of sp³-hybridized carbons (Fsp3) is 0.0909. The number of H-pyrrole nitrogens is 1. The van der Waals surface area contributed by atoms with Gasteiger partial charge in [-0.3, -0.25) is 9.89 Å². The van der Waals surface area contributed by atoms with Crippen molar-refractivity contribution in [2.24, 2.45) is 0 Å². The molecule has 0 fully saturated rings. The minimum Gasteiger partial charge on any atom is -0.352 e. The van der Waals surface area contributed by atoms with E-state index in [1.807, 2.05) is 54.6 Å². The smallest absolute Gasteiger partial charge is 0.251 e. The summed E-state index contributed by atoms with van der Waals surface area (Å²) in [5.74, 6) is 0.589. The van der Waals surface area contributed by atoms with Gasteiger partial charge in [-0.1, -0.05) is 42.5 Å². The van der Waals surface area contributed by atoms with Crippen molar-refractivity contribution in [2.75, 3.05) is 6.54 Å². The van der Waals surface area contributed by atoms with Gasteiger partial charge >= 0.3 is 0 Å². The molecule has 0 radical (unpaired) electrons. The highest BCUT2D eigenvalue weighted by atomic mass is 16.1. The highest BCUT2D eigenvalue weighted by molar-refractivity contribution is 5.94. The van der Waals surface area contributed by atoms with Gasteiger partial charge in [0.05, 0.1) is 11.4 Å². The average molecular weight is 369 g/mol. The van der Waals surface area contributed by atoms with E-state index in [1.54, 1.807) is 24.5 Å². The second-order valence-electron chi connectivity index (χ2n) is 6.28. The Hall–Kier alpha value is -3.80. The first-order valence-electron chi connectivity index (χ1n) is 9.05. The minimum atomic E-state index is -0.115. The molecule has 0 saturated heterocycles. The molecule has 2 aromatic heterocycles. The van der Waals surface area contributed by atoms with E-state index in [9.17, 15) is 4.79 Å². The largest absolute Gasteiger partial charge is 0.352 e. The molecule has 0 saturated carbocycles. The van der Waals surface area contributed by atoms with E-state index >= 15 is 0 Å². The van der Waals surface area contributed by atoms with Crippen molar-refractivity contribution in [3.05, 3.63) is 90.5 Å². The number of aromatic amines is 1. The normalized spacial score (nSPS) is 10.6. The molecule has 0 aliphatic heterocycles. The summed E-state index contributed by atoms with van der Waals surface area (Å²) in [5.41, 5.74) is 4.45.